The van der Waals surface area contributed by atoms with Gasteiger partial charge >= 0.3 is 0 Å². The molecule has 1 amide bonds. The van der Waals surface area contributed by atoms with E-state index in [-0.39, 0.29) is 5.91 Å². The molecule has 0 unspecified atom stereocenters. The van der Waals surface area contributed by atoms with E-state index in [1.54, 1.807) is 7.11 Å². The van der Waals surface area contributed by atoms with E-state index in [4.69, 9.17) is 4.74 Å². The summed E-state index contributed by atoms with van der Waals surface area (Å²) in [6.45, 7) is 2.20. The molecule has 4 rings (SSSR count). The number of imidazole rings is 1. The number of likely N-dealkylation sites (tertiary alicyclic amines) is 1. The van der Waals surface area contributed by atoms with Crippen LogP contribution in [-0.4, -0.2) is 41.0 Å². The number of aromatic nitrogens is 2. The molecule has 0 saturated carbocycles. The van der Waals surface area contributed by atoms with Crippen LogP contribution in [0.4, 0.5) is 0 Å². The molecular weight excluding hydrogens is 346 g/mol. The predicted octanol–water partition coefficient (Wildman–Crippen LogP) is 3.87. The molecule has 1 N–H and O–H groups in total. The first-order valence-electron chi connectivity index (χ1n) is 9.03. The number of carbonyl (C=O) groups is 1. The average Bonchev–Trinajstić information content (AvgIpc) is 3.28. The van der Waals surface area contributed by atoms with Gasteiger partial charge in [-0.1, -0.05) is 12.1 Å². The highest BCUT2D eigenvalue weighted by Gasteiger charge is 2.26. The van der Waals surface area contributed by atoms with Gasteiger partial charge in [0.2, 0.25) is 0 Å². The molecule has 3 heterocycles. The molecule has 26 heavy (non-hydrogen) atoms. The van der Waals surface area contributed by atoms with Gasteiger partial charge in [-0.3, -0.25) is 4.79 Å². The van der Waals surface area contributed by atoms with Crippen LogP contribution in [0.3, 0.4) is 0 Å². The van der Waals surface area contributed by atoms with Gasteiger partial charge in [-0.05, 0) is 43.0 Å². The van der Waals surface area contributed by atoms with Gasteiger partial charge in [0.25, 0.3) is 5.91 Å². The van der Waals surface area contributed by atoms with Crippen molar-refractivity contribution in [2.45, 2.75) is 25.9 Å². The number of H-pyrrole nitrogens is 1. The fourth-order valence-electron chi connectivity index (χ4n) is 3.66. The number of benzene rings is 1. The SMILES string of the molecule is COCc1ccc(C(=O)N2CCC[C@H](Cc3nc4ccccc4[nH]3)C2)s1. The molecule has 0 bridgehead atoms. The fraction of sp³-hybridized carbons (Fsp3) is 0.400. The summed E-state index contributed by atoms with van der Waals surface area (Å²) in [5.74, 6) is 1.61. The van der Waals surface area contributed by atoms with Gasteiger partial charge in [0, 0.05) is 31.5 Å². The van der Waals surface area contributed by atoms with E-state index >= 15 is 0 Å². The number of hydrogen-bond donors (Lipinski definition) is 1. The van der Waals surface area contributed by atoms with Crippen LogP contribution in [0.25, 0.3) is 11.0 Å². The molecule has 136 valence electrons. The van der Waals surface area contributed by atoms with E-state index in [0.29, 0.717) is 12.5 Å². The number of nitrogens with one attached hydrogen (secondary N) is 1. The first-order valence-corrected chi connectivity index (χ1v) is 9.85. The maximum atomic E-state index is 12.8. The minimum absolute atomic E-state index is 0.145. The lowest BCUT2D eigenvalue weighted by Gasteiger charge is -2.32. The molecular formula is C20H23N3O2S. The zero-order valence-corrected chi connectivity index (χ0v) is 15.7. The van der Waals surface area contributed by atoms with Crippen molar-refractivity contribution in [3.63, 3.8) is 0 Å². The summed E-state index contributed by atoms with van der Waals surface area (Å²) in [6, 6.07) is 12.0. The number of methoxy groups -OCH3 is 1. The van der Waals surface area contributed by atoms with Crippen molar-refractivity contribution in [3.8, 4) is 0 Å². The van der Waals surface area contributed by atoms with Crippen molar-refractivity contribution in [1.82, 2.24) is 14.9 Å². The second kappa shape index (κ2) is 7.60. The van der Waals surface area contributed by atoms with Crippen LogP contribution in [0.2, 0.25) is 0 Å². The highest BCUT2D eigenvalue weighted by atomic mass is 32.1. The summed E-state index contributed by atoms with van der Waals surface area (Å²) < 4.78 is 5.15. The Balaban J connectivity index is 1.42. The summed E-state index contributed by atoms with van der Waals surface area (Å²) in [4.78, 5) is 24.8. The molecule has 2 aromatic heterocycles. The molecule has 0 aliphatic carbocycles. The number of amides is 1. The van der Waals surface area contributed by atoms with Crippen molar-refractivity contribution >= 4 is 28.3 Å². The lowest BCUT2D eigenvalue weighted by atomic mass is 9.94. The monoisotopic (exact) mass is 369 g/mol. The minimum atomic E-state index is 0.145. The third-order valence-electron chi connectivity index (χ3n) is 4.89. The van der Waals surface area contributed by atoms with Gasteiger partial charge in [-0.2, -0.15) is 0 Å². The van der Waals surface area contributed by atoms with Crippen molar-refractivity contribution < 1.29 is 9.53 Å². The molecule has 1 atom stereocenters. The molecule has 1 saturated heterocycles. The predicted molar refractivity (Wildman–Crippen MR) is 103 cm³/mol. The van der Waals surface area contributed by atoms with Gasteiger partial charge in [0.05, 0.1) is 22.5 Å². The Morgan fingerprint density at radius 1 is 1.35 bits per heavy atom. The number of hydrogen-bond acceptors (Lipinski definition) is 4. The molecule has 0 spiro atoms. The van der Waals surface area contributed by atoms with Crippen LogP contribution >= 0.6 is 11.3 Å². The zero-order valence-electron chi connectivity index (χ0n) is 14.9. The van der Waals surface area contributed by atoms with Gasteiger partial charge in [0.1, 0.15) is 5.82 Å². The maximum absolute atomic E-state index is 12.8. The summed E-state index contributed by atoms with van der Waals surface area (Å²) in [5, 5.41) is 0. The Morgan fingerprint density at radius 2 is 2.23 bits per heavy atom. The summed E-state index contributed by atoms with van der Waals surface area (Å²) in [7, 11) is 1.68. The fourth-order valence-corrected chi connectivity index (χ4v) is 4.61. The molecule has 1 aromatic carbocycles. The van der Waals surface area contributed by atoms with E-state index < -0.39 is 0 Å². The maximum Gasteiger partial charge on any atom is 0.263 e. The number of para-hydroxylation sites is 2. The molecule has 1 aliphatic heterocycles. The number of thiophene rings is 1. The van der Waals surface area contributed by atoms with E-state index in [9.17, 15) is 4.79 Å². The van der Waals surface area contributed by atoms with Gasteiger partial charge < -0.3 is 14.6 Å². The third-order valence-corrected chi connectivity index (χ3v) is 5.93. The lowest BCUT2D eigenvalue weighted by molar-refractivity contribution is 0.0677. The van der Waals surface area contributed by atoms with E-state index in [1.165, 1.54) is 11.3 Å². The summed E-state index contributed by atoms with van der Waals surface area (Å²) in [6.07, 6.45) is 3.07. The normalized spacial score (nSPS) is 17.7. The van der Waals surface area contributed by atoms with Crippen molar-refractivity contribution in [2.24, 2.45) is 5.92 Å². The number of rotatable bonds is 5. The standard InChI is InChI=1S/C20H23N3O2S/c1-25-13-15-8-9-18(26-15)20(24)23-10-4-5-14(12-23)11-19-21-16-6-2-3-7-17(16)22-19/h2-3,6-9,14H,4-5,10-13H2,1H3,(H,21,22)/t14-/m1/s1. The number of nitrogens with zero attached hydrogens (tertiary/aromatic N) is 2. The molecule has 6 heteroatoms. The second-order valence-corrected chi connectivity index (χ2v) is 8.03. The Kier molecular flexibility index (Phi) is 5.04. The Labute approximate surface area is 157 Å². The third kappa shape index (κ3) is 3.66. The molecule has 3 aromatic rings. The van der Waals surface area contributed by atoms with Crippen LogP contribution in [0.1, 0.15) is 33.2 Å². The molecule has 1 fully saturated rings. The first kappa shape index (κ1) is 17.2. The molecule has 1 aliphatic rings. The average molecular weight is 369 g/mol. The van der Waals surface area contributed by atoms with Gasteiger partial charge in [-0.25, -0.2) is 4.98 Å². The quantitative estimate of drug-likeness (QED) is 0.743. The zero-order chi connectivity index (χ0) is 17.9. The number of carbonyl (C=O) groups excluding carboxylic acids is 1. The van der Waals surface area contributed by atoms with E-state index in [1.807, 2.05) is 35.2 Å². The first-order chi connectivity index (χ1) is 12.7. The molecule has 0 radical (unpaired) electrons. The lowest BCUT2D eigenvalue weighted by Crippen LogP contribution is -2.40. The topological polar surface area (TPSA) is 58.2 Å². The minimum Gasteiger partial charge on any atom is -0.379 e. The Morgan fingerprint density at radius 3 is 3.08 bits per heavy atom. The number of ether oxygens (including phenoxy) is 1. The number of aromatic amines is 1. The van der Waals surface area contributed by atoms with Crippen LogP contribution in [0.5, 0.6) is 0 Å². The number of fused-ring (bicyclic) bond motifs is 1. The molecule has 5 nitrogen and oxygen atoms in total. The Bertz CT molecular complexity index is 868. The van der Waals surface area contributed by atoms with Crippen LogP contribution in [-0.2, 0) is 17.8 Å². The smallest absolute Gasteiger partial charge is 0.263 e. The number of piperidine rings is 1. The Hall–Kier alpha value is -2.18. The van der Waals surface area contributed by atoms with E-state index in [2.05, 4.69) is 16.0 Å². The second-order valence-electron chi connectivity index (χ2n) is 6.86. The van der Waals surface area contributed by atoms with Gasteiger partial charge in [0.15, 0.2) is 0 Å². The highest BCUT2D eigenvalue weighted by molar-refractivity contribution is 7.14. The van der Waals surface area contributed by atoms with Gasteiger partial charge in [-0.15, -0.1) is 11.3 Å². The van der Waals surface area contributed by atoms with Crippen LogP contribution in [0.15, 0.2) is 36.4 Å². The van der Waals surface area contributed by atoms with Crippen molar-refractivity contribution in [1.29, 1.82) is 0 Å². The highest BCUT2D eigenvalue weighted by Crippen LogP contribution is 2.25. The van der Waals surface area contributed by atoms with Crippen molar-refractivity contribution in [3.05, 3.63) is 52.0 Å². The van der Waals surface area contributed by atoms with Crippen molar-refractivity contribution in [2.75, 3.05) is 20.2 Å². The van der Waals surface area contributed by atoms with E-state index in [0.717, 1.165) is 59.0 Å². The van der Waals surface area contributed by atoms with Crippen LogP contribution < -0.4 is 0 Å². The largest absolute Gasteiger partial charge is 0.379 e. The summed E-state index contributed by atoms with van der Waals surface area (Å²) >= 11 is 1.53. The summed E-state index contributed by atoms with van der Waals surface area (Å²) in [5.41, 5.74) is 2.09. The van der Waals surface area contributed by atoms with Crippen LogP contribution in [0, 0.1) is 5.92 Å².